The zero-order chi connectivity index (χ0) is 78.5. The Hall–Kier alpha value is -11.4. The number of phenols is 1. The molecule has 113 heavy (non-hydrogen) atoms. The van der Waals surface area contributed by atoms with Crippen LogP contribution in [0.1, 0.15) is 201 Å². The van der Waals surface area contributed by atoms with Crippen molar-refractivity contribution in [2.24, 2.45) is 0 Å². The Bertz CT molecular complexity index is 5210. The third-order valence-electron chi connectivity index (χ3n) is 24.5. The molecular formula is C108H112N2O3. The first-order valence-electron chi connectivity index (χ1n) is 41.3. The van der Waals surface area contributed by atoms with Crippen LogP contribution >= 0.6 is 0 Å². The minimum atomic E-state index is -0.305. The number of unbranched alkanes of at least 4 members (excludes halogenated alkanes) is 7. The topological polar surface area (TPSA) is 45.2 Å². The summed E-state index contributed by atoms with van der Waals surface area (Å²) in [4.78, 5) is 5.02. The summed E-state index contributed by atoms with van der Waals surface area (Å²) in [5.41, 5.74) is 20.7. The van der Waals surface area contributed by atoms with Crippen molar-refractivity contribution in [1.29, 1.82) is 0 Å². The molecule has 14 rings (SSSR count). The van der Waals surface area contributed by atoms with E-state index in [1.165, 1.54) is 105 Å². The van der Waals surface area contributed by atoms with E-state index in [9.17, 15) is 5.11 Å². The van der Waals surface area contributed by atoms with Gasteiger partial charge in [-0.25, -0.2) is 0 Å². The Morgan fingerprint density at radius 1 is 0.283 bits per heavy atom. The SMILES string of the molecule is CCC(CC(C)c1ccc(OCCCCCCCCCCOc2ccc(-c3ccc(C(C)(C)c4ccc(N(c5ccc(C(C)(C)c6ccccc6)cc5)c5c6ccccc6c(N(c6ccc(C(C)(C)c7ccccc7)cc6)c6ccc(C(C)(C)c7ccccc7)cc6)c6ccccc56)cc4)cc3)cc2)cc1)c1ccc(O)cc1. The van der Waals surface area contributed by atoms with E-state index in [1.54, 1.807) is 12.1 Å². The molecule has 0 aliphatic heterocycles. The van der Waals surface area contributed by atoms with Gasteiger partial charge in [0.15, 0.2) is 0 Å². The van der Waals surface area contributed by atoms with Crippen LogP contribution in [0.4, 0.5) is 34.1 Å². The van der Waals surface area contributed by atoms with Crippen molar-refractivity contribution in [3.63, 3.8) is 0 Å². The zero-order valence-corrected chi connectivity index (χ0v) is 68.1. The molecule has 0 bridgehead atoms. The number of phenolic OH excluding ortho intramolecular Hbond substituents is 1. The normalized spacial score (nSPS) is 12.5. The average Bonchev–Trinajstić information content (AvgIpc) is 0.720. The van der Waals surface area contributed by atoms with Gasteiger partial charge in [0.05, 0.1) is 24.6 Å². The second-order valence-electron chi connectivity index (χ2n) is 33.3. The van der Waals surface area contributed by atoms with Gasteiger partial charge in [-0.3, -0.25) is 0 Å². The molecule has 14 aromatic carbocycles. The minimum Gasteiger partial charge on any atom is -0.508 e. The van der Waals surface area contributed by atoms with E-state index in [4.69, 9.17) is 9.47 Å². The summed E-state index contributed by atoms with van der Waals surface area (Å²) in [5, 5.41) is 14.3. The van der Waals surface area contributed by atoms with Crippen LogP contribution in [-0.4, -0.2) is 18.3 Å². The lowest BCUT2D eigenvalue weighted by molar-refractivity contribution is 0.301. The van der Waals surface area contributed by atoms with Gasteiger partial charge >= 0.3 is 0 Å². The molecule has 0 saturated heterocycles. The van der Waals surface area contributed by atoms with Gasteiger partial charge in [0.25, 0.3) is 0 Å². The summed E-state index contributed by atoms with van der Waals surface area (Å²) < 4.78 is 12.4. The lowest BCUT2D eigenvalue weighted by Crippen LogP contribution is -2.20. The number of benzene rings is 14. The van der Waals surface area contributed by atoms with Crippen molar-refractivity contribution in [3.05, 3.63) is 389 Å². The molecule has 0 aromatic heterocycles. The minimum absolute atomic E-state index is 0.212. The lowest BCUT2D eigenvalue weighted by Gasteiger charge is -2.34. The number of hydrogen-bond acceptors (Lipinski definition) is 5. The van der Waals surface area contributed by atoms with Crippen LogP contribution < -0.4 is 19.3 Å². The molecule has 0 amide bonds. The zero-order valence-electron chi connectivity index (χ0n) is 68.1. The fourth-order valence-corrected chi connectivity index (χ4v) is 16.9. The Morgan fingerprint density at radius 2 is 0.540 bits per heavy atom. The predicted octanol–water partition coefficient (Wildman–Crippen LogP) is 29.9. The predicted molar refractivity (Wildman–Crippen MR) is 479 cm³/mol. The molecule has 5 heteroatoms. The Labute approximate surface area is 673 Å². The van der Waals surface area contributed by atoms with Gasteiger partial charge in [0.2, 0.25) is 0 Å². The fraction of sp³-hybridized carbons (Fsp3) is 0.259. The van der Waals surface area contributed by atoms with E-state index in [0.29, 0.717) is 17.6 Å². The molecule has 2 atom stereocenters. The Balaban J connectivity index is 0.663. The maximum Gasteiger partial charge on any atom is 0.119 e. The number of hydrogen-bond donors (Lipinski definition) is 1. The van der Waals surface area contributed by atoms with E-state index in [2.05, 4.69) is 401 Å². The van der Waals surface area contributed by atoms with Gasteiger partial charge in [0, 0.05) is 66.0 Å². The van der Waals surface area contributed by atoms with Gasteiger partial charge in [-0.05, 0) is 189 Å². The molecule has 1 N–H and O–H groups in total. The summed E-state index contributed by atoms with van der Waals surface area (Å²) in [6, 6.07) is 122. The molecule has 572 valence electrons. The molecule has 0 radical (unpaired) electrons. The van der Waals surface area contributed by atoms with Crippen LogP contribution in [0.3, 0.4) is 0 Å². The summed E-state index contributed by atoms with van der Waals surface area (Å²) in [6.07, 6.45) is 11.7. The van der Waals surface area contributed by atoms with Crippen LogP contribution in [0.25, 0.3) is 32.7 Å². The molecule has 0 aliphatic carbocycles. The number of rotatable bonds is 33. The highest BCUT2D eigenvalue weighted by Gasteiger charge is 2.32. The summed E-state index contributed by atoms with van der Waals surface area (Å²) >= 11 is 0. The quantitative estimate of drug-likeness (QED) is 0.0252. The molecule has 0 aliphatic rings. The first kappa shape index (κ1) is 78.3. The van der Waals surface area contributed by atoms with E-state index in [-0.39, 0.29) is 21.7 Å². The van der Waals surface area contributed by atoms with Crippen LogP contribution in [0.2, 0.25) is 0 Å². The van der Waals surface area contributed by atoms with Crippen LogP contribution in [0, 0.1) is 0 Å². The highest BCUT2D eigenvalue weighted by Crippen LogP contribution is 2.53. The average molecular weight is 1490 g/mol. The molecule has 0 spiro atoms. The van der Waals surface area contributed by atoms with Crippen molar-refractivity contribution < 1.29 is 14.6 Å². The van der Waals surface area contributed by atoms with Crippen molar-refractivity contribution in [2.75, 3.05) is 23.0 Å². The van der Waals surface area contributed by atoms with Crippen LogP contribution in [-0.2, 0) is 21.7 Å². The molecule has 14 aromatic rings. The van der Waals surface area contributed by atoms with Crippen LogP contribution in [0.5, 0.6) is 17.2 Å². The second kappa shape index (κ2) is 35.1. The van der Waals surface area contributed by atoms with Crippen LogP contribution in [0.15, 0.2) is 334 Å². The van der Waals surface area contributed by atoms with Gasteiger partial charge in [0.1, 0.15) is 17.2 Å². The monoisotopic (exact) mass is 1480 g/mol. The number of anilines is 6. The lowest BCUT2D eigenvalue weighted by atomic mass is 9.77. The highest BCUT2D eigenvalue weighted by atomic mass is 16.5. The third kappa shape index (κ3) is 17.6. The van der Waals surface area contributed by atoms with Gasteiger partial charge in [-0.2, -0.15) is 0 Å². The van der Waals surface area contributed by atoms with Crippen molar-refractivity contribution in [2.45, 2.75) is 167 Å². The van der Waals surface area contributed by atoms with E-state index in [1.807, 2.05) is 0 Å². The number of aromatic hydroxyl groups is 1. The van der Waals surface area contributed by atoms with Crippen molar-refractivity contribution in [3.8, 4) is 28.4 Å². The van der Waals surface area contributed by atoms with E-state index < -0.39 is 0 Å². The van der Waals surface area contributed by atoms with Crippen molar-refractivity contribution in [1.82, 2.24) is 0 Å². The fourth-order valence-electron chi connectivity index (χ4n) is 16.9. The molecule has 0 heterocycles. The number of ether oxygens (including phenoxy) is 2. The van der Waals surface area contributed by atoms with Gasteiger partial charge in [-0.1, -0.05) is 356 Å². The largest absolute Gasteiger partial charge is 0.508 e. The summed E-state index contributed by atoms with van der Waals surface area (Å²) in [6.45, 7) is 24.7. The molecule has 2 unspecified atom stereocenters. The second-order valence-corrected chi connectivity index (χ2v) is 33.3. The first-order valence-corrected chi connectivity index (χ1v) is 41.3. The number of fused-ring (bicyclic) bond motifs is 2. The van der Waals surface area contributed by atoms with Crippen molar-refractivity contribution >= 4 is 55.7 Å². The smallest absolute Gasteiger partial charge is 0.119 e. The van der Waals surface area contributed by atoms with Gasteiger partial charge < -0.3 is 24.4 Å². The molecule has 0 saturated carbocycles. The third-order valence-corrected chi connectivity index (χ3v) is 24.5. The summed E-state index contributed by atoms with van der Waals surface area (Å²) in [7, 11) is 0. The highest BCUT2D eigenvalue weighted by molar-refractivity contribution is 6.23. The maximum absolute atomic E-state index is 9.75. The number of nitrogens with zero attached hydrogens (tertiary/aromatic N) is 2. The Morgan fingerprint density at radius 3 is 0.850 bits per heavy atom. The molecule has 0 fully saturated rings. The Kier molecular flexibility index (Phi) is 24.3. The van der Waals surface area contributed by atoms with Gasteiger partial charge in [-0.15, -0.1) is 0 Å². The van der Waals surface area contributed by atoms with E-state index in [0.717, 1.165) is 106 Å². The van der Waals surface area contributed by atoms with E-state index >= 15 is 0 Å². The maximum atomic E-state index is 9.75. The summed E-state index contributed by atoms with van der Waals surface area (Å²) in [5.74, 6) is 3.11. The molecular weight excluding hydrogens is 1370 g/mol. The standard InChI is InChI=1S/C108H112N2O3/c1-11-79(81-45-69-96(111)70-46-81)77-78(2)80-47-71-97(72-48-80)112-75-31-16-14-12-13-15-17-32-76-113-98-73-49-83(50-74-98)82-43-51-87(52-44-82)108(9,10)91-59-67-95(68-60-91)110(94-65-57-90(58-66-94)107(7,8)86-37-25-20-26-38-86)104-101-41-29-27-39-99(101)103(100-40-28-30-42-102(100)104)109(92-61-53-88(54-62-92)105(3,4)84-33-21-18-22-34-84)93-63-55-89(56-64-93)106(5,6)85-35-23-19-24-36-85/h18-30,33-74,78-79,111H,11-17,31-32,75-77H2,1-10H3. The first-order chi connectivity index (χ1) is 54.9. The molecule has 5 nitrogen and oxygen atoms in total.